The lowest BCUT2D eigenvalue weighted by Crippen LogP contribution is -2.21. The Kier molecular flexibility index (Phi) is 3.16. The molecular formula is C10H7F2N5O. The van der Waals surface area contributed by atoms with Crippen molar-refractivity contribution in [3.05, 3.63) is 47.5 Å². The van der Waals surface area contributed by atoms with E-state index in [1.807, 2.05) is 0 Å². The van der Waals surface area contributed by atoms with Crippen LogP contribution < -0.4 is 5.43 Å². The summed E-state index contributed by atoms with van der Waals surface area (Å²) in [7, 11) is 0. The lowest BCUT2D eigenvalue weighted by Gasteiger charge is -2.15. The first-order valence-electron chi connectivity index (χ1n) is 4.80. The molecule has 0 aliphatic carbocycles. The summed E-state index contributed by atoms with van der Waals surface area (Å²) in [6, 6.07) is 3.30. The van der Waals surface area contributed by atoms with Gasteiger partial charge in [0.25, 0.3) is 0 Å². The Hall–Kier alpha value is -2.53. The third kappa shape index (κ3) is 2.26. The van der Waals surface area contributed by atoms with Gasteiger partial charge >= 0.3 is 0 Å². The van der Waals surface area contributed by atoms with E-state index in [9.17, 15) is 13.9 Å². The predicted octanol–water partition coefficient (Wildman–Crippen LogP) is 0.663. The van der Waals surface area contributed by atoms with Crippen molar-refractivity contribution in [3.63, 3.8) is 0 Å². The van der Waals surface area contributed by atoms with E-state index in [4.69, 9.17) is 5.26 Å². The highest BCUT2D eigenvalue weighted by Gasteiger charge is 2.19. The third-order valence-electron chi connectivity index (χ3n) is 2.17. The van der Waals surface area contributed by atoms with E-state index < -0.39 is 23.4 Å². The fraction of sp³-hybridized carbons (Fsp3) is 0.100. The molecule has 1 atom stereocenters. The van der Waals surface area contributed by atoms with Crippen LogP contribution in [0.5, 0.6) is 0 Å². The van der Waals surface area contributed by atoms with Gasteiger partial charge in [-0.25, -0.2) is 13.5 Å². The van der Waals surface area contributed by atoms with Gasteiger partial charge in [0.05, 0.1) is 17.2 Å². The highest BCUT2D eigenvalue weighted by atomic mass is 19.1. The zero-order valence-electron chi connectivity index (χ0n) is 8.88. The Balaban J connectivity index is 2.31. The molecule has 0 fully saturated rings. The molecule has 0 radical (unpaired) electrons. The van der Waals surface area contributed by atoms with E-state index in [0.29, 0.717) is 0 Å². The molecule has 2 aromatic rings. The van der Waals surface area contributed by atoms with E-state index in [2.05, 4.69) is 15.6 Å². The Morgan fingerprint density at radius 3 is 2.33 bits per heavy atom. The lowest BCUT2D eigenvalue weighted by atomic mass is 10.1. The minimum Gasteiger partial charge on any atom is -0.368 e. The number of halogens is 2. The first-order valence-corrected chi connectivity index (χ1v) is 4.80. The molecule has 0 aliphatic heterocycles. The monoisotopic (exact) mass is 251 g/mol. The second kappa shape index (κ2) is 4.77. The van der Waals surface area contributed by atoms with Crippen molar-refractivity contribution in [2.45, 2.75) is 6.23 Å². The maximum Gasteiger partial charge on any atom is 0.170 e. The summed E-state index contributed by atoms with van der Waals surface area (Å²) in [5, 5.41) is 25.1. The molecule has 1 unspecified atom stereocenters. The number of rotatable bonds is 3. The average molecular weight is 251 g/mol. The van der Waals surface area contributed by atoms with Crippen molar-refractivity contribution in [1.29, 1.82) is 5.26 Å². The van der Waals surface area contributed by atoms with Gasteiger partial charge in [-0.1, -0.05) is 0 Å². The van der Waals surface area contributed by atoms with Gasteiger partial charge in [0.15, 0.2) is 6.23 Å². The number of hydrogen-bond acceptors (Lipinski definition) is 5. The van der Waals surface area contributed by atoms with Crippen molar-refractivity contribution >= 4 is 0 Å². The molecule has 1 aromatic carbocycles. The van der Waals surface area contributed by atoms with Crippen LogP contribution >= 0.6 is 0 Å². The molecule has 0 bridgehead atoms. The molecule has 1 heterocycles. The zero-order chi connectivity index (χ0) is 13.1. The molecule has 8 heteroatoms. The Bertz CT molecular complexity index is 570. The largest absolute Gasteiger partial charge is 0.368 e. The Labute approximate surface area is 100 Å². The van der Waals surface area contributed by atoms with E-state index in [0.717, 1.165) is 16.8 Å². The number of hydrogen-bond donors (Lipinski definition) is 2. The van der Waals surface area contributed by atoms with Crippen molar-refractivity contribution in [3.8, 4) is 6.07 Å². The molecule has 1 aromatic heterocycles. The molecule has 0 saturated heterocycles. The predicted molar refractivity (Wildman–Crippen MR) is 55.4 cm³/mol. The molecule has 0 spiro atoms. The highest BCUT2D eigenvalue weighted by molar-refractivity contribution is 5.35. The van der Waals surface area contributed by atoms with Gasteiger partial charge in [0.2, 0.25) is 0 Å². The maximum absolute atomic E-state index is 13.5. The average Bonchev–Trinajstić information content (AvgIpc) is 2.80. The Morgan fingerprint density at radius 2 is 1.83 bits per heavy atom. The number of nitriles is 1. The van der Waals surface area contributed by atoms with Gasteiger partial charge < -0.3 is 5.11 Å². The van der Waals surface area contributed by atoms with Crippen LogP contribution in [0.3, 0.4) is 0 Å². The summed E-state index contributed by atoms with van der Waals surface area (Å²) in [6.45, 7) is 0. The molecule has 0 saturated carbocycles. The summed E-state index contributed by atoms with van der Waals surface area (Å²) >= 11 is 0. The number of nitrogens with zero attached hydrogens (tertiary/aromatic N) is 4. The Morgan fingerprint density at radius 1 is 1.28 bits per heavy atom. The van der Waals surface area contributed by atoms with Gasteiger partial charge in [-0.05, 0) is 12.1 Å². The molecule has 6 nitrogen and oxygen atoms in total. The summed E-state index contributed by atoms with van der Waals surface area (Å²) in [4.78, 5) is 0. The van der Waals surface area contributed by atoms with Gasteiger partial charge in [-0.15, -0.1) is 10.2 Å². The lowest BCUT2D eigenvalue weighted by molar-refractivity contribution is 0.181. The van der Waals surface area contributed by atoms with Crippen LogP contribution in [0.2, 0.25) is 0 Å². The van der Waals surface area contributed by atoms with Crippen LogP contribution in [-0.4, -0.2) is 20.0 Å². The molecule has 92 valence electrons. The fourth-order valence-electron chi connectivity index (χ4n) is 1.38. The van der Waals surface area contributed by atoms with Gasteiger partial charge in [0, 0.05) is 0 Å². The van der Waals surface area contributed by atoms with Crippen molar-refractivity contribution < 1.29 is 13.9 Å². The third-order valence-corrected chi connectivity index (χ3v) is 2.17. The molecule has 0 aliphatic rings. The van der Waals surface area contributed by atoms with Crippen LogP contribution in [0.4, 0.5) is 8.78 Å². The van der Waals surface area contributed by atoms with Crippen LogP contribution in [0.15, 0.2) is 24.8 Å². The highest BCUT2D eigenvalue weighted by Crippen LogP contribution is 2.21. The van der Waals surface area contributed by atoms with Crippen molar-refractivity contribution in [2.75, 3.05) is 5.43 Å². The van der Waals surface area contributed by atoms with E-state index in [1.165, 1.54) is 12.7 Å². The quantitative estimate of drug-likeness (QED) is 0.782. The summed E-state index contributed by atoms with van der Waals surface area (Å²) in [5.41, 5.74) is 1.60. The van der Waals surface area contributed by atoms with Crippen LogP contribution in [-0.2, 0) is 0 Å². The smallest absolute Gasteiger partial charge is 0.170 e. The van der Waals surface area contributed by atoms with E-state index in [1.54, 1.807) is 6.07 Å². The SMILES string of the molecule is N#Cc1cc(F)c(C(O)Nn2cnnc2)c(F)c1. The van der Waals surface area contributed by atoms with Crippen LogP contribution in [0.1, 0.15) is 17.4 Å². The van der Waals surface area contributed by atoms with Crippen LogP contribution in [0, 0.1) is 23.0 Å². The fourth-order valence-corrected chi connectivity index (χ4v) is 1.38. The van der Waals surface area contributed by atoms with Crippen LogP contribution in [0.25, 0.3) is 0 Å². The molecular weight excluding hydrogens is 244 g/mol. The molecule has 18 heavy (non-hydrogen) atoms. The van der Waals surface area contributed by atoms with Crippen molar-refractivity contribution in [2.24, 2.45) is 0 Å². The number of aromatic nitrogens is 3. The molecule has 0 amide bonds. The van der Waals surface area contributed by atoms with Crippen molar-refractivity contribution in [1.82, 2.24) is 14.9 Å². The molecule has 2 N–H and O–H groups in total. The maximum atomic E-state index is 13.5. The summed E-state index contributed by atoms with van der Waals surface area (Å²) < 4.78 is 28.2. The topological polar surface area (TPSA) is 86.8 Å². The minimum absolute atomic E-state index is 0.162. The van der Waals surface area contributed by atoms with E-state index >= 15 is 0 Å². The van der Waals surface area contributed by atoms with E-state index in [-0.39, 0.29) is 5.56 Å². The summed E-state index contributed by atoms with van der Waals surface area (Å²) in [5.74, 6) is -2.03. The summed E-state index contributed by atoms with van der Waals surface area (Å²) in [6.07, 6.45) is 0.791. The number of benzene rings is 1. The standard InChI is InChI=1S/C10H7F2N5O/c11-7-1-6(3-13)2-8(12)9(7)10(18)16-17-4-14-15-5-17/h1-2,4-5,10,16,18H. The first kappa shape index (κ1) is 11.9. The first-order chi connectivity index (χ1) is 8.61. The molecule has 2 rings (SSSR count). The number of aliphatic hydroxyl groups excluding tert-OH is 1. The number of nitrogens with one attached hydrogen (secondary N) is 1. The zero-order valence-corrected chi connectivity index (χ0v) is 8.88. The second-order valence-corrected chi connectivity index (χ2v) is 3.37. The van der Waals surface area contributed by atoms with Gasteiger partial charge in [0.1, 0.15) is 24.3 Å². The minimum atomic E-state index is -1.63. The second-order valence-electron chi connectivity index (χ2n) is 3.37. The van der Waals surface area contributed by atoms with Gasteiger partial charge in [-0.2, -0.15) is 5.26 Å². The van der Waals surface area contributed by atoms with Gasteiger partial charge in [-0.3, -0.25) is 5.43 Å². The number of aliphatic hydroxyl groups is 1. The normalized spacial score (nSPS) is 11.9.